The summed E-state index contributed by atoms with van der Waals surface area (Å²) in [4.78, 5) is 27.1. The molecule has 0 saturated heterocycles. The Morgan fingerprint density at radius 1 is 1.42 bits per heavy atom. The molecule has 0 spiro atoms. The van der Waals surface area contributed by atoms with Gasteiger partial charge in [-0.05, 0) is 55.4 Å². The molecular formula is C19H20N4O2S. The average molecular weight is 368 g/mol. The minimum absolute atomic E-state index is 0.142. The van der Waals surface area contributed by atoms with Crippen molar-refractivity contribution in [3.05, 3.63) is 50.6 Å². The van der Waals surface area contributed by atoms with E-state index in [1.54, 1.807) is 11.3 Å². The first kappa shape index (κ1) is 16.9. The van der Waals surface area contributed by atoms with Crippen LogP contribution in [0.15, 0.2) is 29.1 Å². The smallest absolute Gasteiger partial charge is 0.279 e. The van der Waals surface area contributed by atoms with Gasteiger partial charge < -0.3 is 5.32 Å². The lowest BCUT2D eigenvalue weighted by Crippen LogP contribution is -2.30. The molecule has 1 aromatic carbocycles. The third-order valence-electron chi connectivity index (χ3n) is 4.78. The van der Waals surface area contributed by atoms with Gasteiger partial charge in [-0.25, -0.2) is 4.68 Å². The van der Waals surface area contributed by atoms with E-state index >= 15 is 0 Å². The fourth-order valence-electron chi connectivity index (χ4n) is 3.45. The summed E-state index contributed by atoms with van der Waals surface area (Å²) >= 11 is 1.56. The van der Waals surface area contributed by atoms with Crippen molar-refractivity contribution in [2.45, 2.75) is 39.7 Å². The summed E-state index contributed by atoms with van der Waals surface area (Å²) in [6.07, 6.45) is 2.96. The predicted octanol–water partition coefficient (Wildman–Crippen LogP) is 2.92. The van der Waals surface area contributed by atoms with Crippen LogP contribution >= 0.6 is 11.3 Å². The van der Waals surface area contributed by atoms with Gasteiger partial charge in [-0.3, -0.25) is 9.59 Å². The zero-order chi connectivity index (χ0) is 18.3. The maximum atomic E-state index is 12.9. The van der Waals surface area contributed by atoms with Gasteiger partial charge >= 0.3 is 0 Å². The number of carbonyl (C=O) groups excluding carboxylic acids is 1. The highest BCUT2D eigenvalue weighted by Gasteiger charge is 2.24. The summed E-state index contributed by atoms with van der Waals surface area (Å²) in [5, 5.41) is 11.6. The van der Waals surface area contributed by atoms with Crippen LogP contribution in [0.1, 0.15) is 29.3 Å². The zero-order valence-electron chi connectivity index (χ0n) is 14.8. The number of rotatable bonds is 3. The Morgan fingerprint density at radius 2 is 2.27 bits per heavy atom. The number of benzene rings is 1. The van der Waals surface area contributed by atoms with Crippen molar-refractivity contribution < 1.29 is 4.79 Å². The summed E-state index contributed by atoms with van der Waals surface area (Å²) in [5.74, 6) is 0.343. The summed E-state index contributed by atoms with van der Waals surface area (Å²) in [5.41, 5.74) is 2.65. The van der Waals surface area contributed by atoms with Crippen molar-refractivity contribution in [1.29, 1.82) is 0 Å². The van der Waals surface area contributed by atoms with Gasteiger partial charge in [0.05, 0.1) is 5.39 Å². The van der Waals surface area contributed by atoms with Crippen molar-refractivity contribution in [2.24, 2.45) is 5.92 Å². The fraction of sp³-hybridized carbons (Fsp3) is 0.368. The Balaban J connectivity index is 1.62. The van der Waals surface area contributed by atoms with Gasteiger partial charge in [0.15, 0.2) is 4.83 Å². The molecule has 3 aromatic rings. The Kier molecular flexibility index (Phi) is 4.32. The molecular weight excluding hydrogens is 348 g/mol. The van der Waals surface area contributed by atoms with E-state index in [2.05, 4.69) is 22.6 Å². The lowest BCUT2D eigenvalue weighted by Gasteiger charge is -2.17. The second-order valence-corrected chi connectivity index (χ2v) is 8.09. The van der Waals surface area contributed by atoms with Crippen LogP contribution in [0, 0.1) is 12.8 Å². The first-order valence-corrected chi connectivity index (χ1v) is 9.57. The second-order valence-electron chi connectivity index (χ2n) is 7.00. The van der Waals surface area contributed by atoms with Crippen LogP contribution < -0.4 is 10.9 Å². The molecule has 0 saturated carbocycles. The monoisotopic (exact) mass is 368 g/mol. The highest BCUT2D eigenvalue weighted by molar-refractivity contribution is 7.18. The molecule has 0 radical (unpaired) electrons. The topological polar surface area (TPSA) is 76.9 Å². The van der Waals surface area contributed by atoms with E-state index in [4.69, 9.17) is 0 Å². The van der Waals surface area contributed by atoms with Crippen LogP contribution in [-0.2, 0) is 24.2 Å². The molecule has 1 atom stereocenters. The number of amides is 1. The largest absolute Gasteiger partial charge is 0.324 e. The number of hydrogen-bond acceptors (Lipinski definition) is 5. The fourth-order valence-corrected chi connectivity index (χ4v) is 4.77. The van der Waals surface area contributed by atoms with Crippen molar-refractivity contribution in [3.8, 4) is 0 Å². The molecule has 4 rings (SSSR count). The highest BCUT2D eigenvalue weighted by Crippen LogP contribution is 2.35. The SMILES string of the molecule is Cc1cccc(NC(=O)Cn2nnc3sc4c(c3c2=O)CC[C@@H](C)C4)c1. The van der Waals surface area contributed by atoms with Crippen LogP contribution in [0.4, 0.5) is 5.69 Å². The molecule has 6 nitrogen and oxygen atoms in total. The van der Waals surface area contributed by atoms with Gasteiger partial charge in [0.1, 0.15) is 6.54 Å². The molecule has 2 aromatic heterocycles. The molecule has 1 aliphatic rings. The lowest BCUT2D eigenvalue weighted by molar-refractivity contribution is -0.117. The van der Waals surface area contributed by atoms with E-state index in [0.29, 0.717) is 21.8 Å². The van der Waals surface area contributed by atoms with E-state index in [-0.39, 0.29) is 18.0 Å². The molecule has 0 bridgehead atoms. The Hall–Kier alpha value is -2.54. The number of nitrogens with zero attached hydrogens (tertiary/aromatic N) is 3. The third-order valence-corrected chi connectivity index (χ3v) is 5.92. The molecule has 134 valence electrons. The molecule has 2 heterocycles. The van der Waals surface area contributed by atoms with Crippen molar-refractivity contribution in [3.63, 3.8) is 0 Å². The number of thiophene rings is 1. The number of nitrogens with one attached hydrogen (secondary N) is 1. The molecule has 0 aliphatic heterocycles. The zero-order valence-corrected chi connectivity index (χ0v) is 15.6. The van der Waals surface area contributed by atoms with Crippen LogP contribution in [0.3, 0.4) is 0 Å². The summed E-state index contributed by atoms with van der Waals surface area (Å²) < 4.78 is 1.17. The number of hydrogen-bond donors (Lipinski definition) is 1. The van der Waals surface area contributed by atoms with E-state index < -0.39 is 0 Å². The predicted molar refractivity (Wildman–Crippen MR) is 103 cm³/mol. The number of fused-ring (bicyclic) bond motifs is 3. The minimum Gasteiger partial charge on any atom is -0.324 e. The normalized spacial score (nSPS) is 16.5. The van der Waals surface area contributed by atoms with Crippen molar-refractivity contribution >= 4 is 33.1 Å². The minimum atomic E-state index is -0.288. The number of carbonyl (C=O) groups is 1. The van der Waals surface area contributed by atoms with Crippen LogP contribution in [-0.4, -0.2) is 20.9 Å². The van der Waals surface area contributed by atoms with Gasteiger partial charge in [-0.1, -0.05) is 24.3 Å². The van der Waals surface area contributed by atoms with E-state index in [9.17, 15) is 9.59 Å². The van der Waals surface area contributed by atoms with Crippen molar-refractivity contribution in [1.82, 2.24) is 15.0 Å². The number of aromatic nitrogens is 3. The molecule has 1 aliphatic carbocycles. The van der Waals surface area contributed by atoms with Gasteiger partial charge in [0.25, 0.3) is 5.56 Å². The van der Waals surface area contributed by atoms with Crippen LogP contribution in [0.25, 0.3) is 10.2 Å². The molecule has 26 heavy (non-hydrogen) atoms. The first-order chi connectivity index (χ1) is 12.5. The van der Waals surface area contributed by atoms with Gasteiger partial charge in [0, 0.05) is 10.6 Å². The van der Waals surface area contributed by atoms with Gasteiger partial charge in [-0.15, -0.1) is 16.4 Å². The van der Waals surface area contributed by atoms with E-state index in [0.717, 1.165) is 30.4 Å². The highest BCUT2D eigenvalue weighted by atomic mass is 32.1. The number of aryl methyl sites for hydroxylation is 2. The number of anilines is 1. The maximum absolute atomic E-state index is 12.9. The van der Waals surface area contributed by atoms with Crippen LogP contribution in [0.5, 0.6) is 0 Å². The van der Waals surface area contributed by atoms with E-state index in [1.165, 1.54) is 9.56 Å². The molecule has 7 heteroatoms. The standard InChI is InChI=1S/C19H20N4O2S/c1-11-4-3-5-13(8-11)20-16(24)10-23-19(25)17-14-7-6-12(2)9-15(14)26-18(17)21-22-23/h3-5,8,12H,6-7,9-10H2,1-2H3,(H,20,24)/t12-/m1/s1. The molecule has 0 unspecified atom stereocenters. The maximum Gasteiger partial charge on any atom is 0.279 e. The Labute approximate surface area is 154 Å². The van der Waals surface area contributed by atoms with Gasteiger partial charge in [-0.2, -0.15) is 0 Å². The molecule has 1 N–H and O–H groups in total. The molecule has 1 amide bonds. The average Bonchev–Trinajstić information content (AvgIpc) is 2.95. The van der Waals surface area contributed by atoms with E-state index in [1.807, 2.05) is 31.2 Å². The summed E-state index contributed by atoms with van der Waals surface area (Å²) in [7, 11) is 0. The molecule has 0 fully saturated rings. The quantitative estimate of drug-likeness (QED) is 0.771. The summed E-state index contributed by atoms with van der Waals surface area (Å²) in [6, 6.07) is 7.53. The summed E-state index contributed by atoms with van der Waals surface area (Å²) in [6.45, 7) is 4.05. The second kappa shape index (κ2) is 6.64. The Bertz CT molecular complexity index is 1050. The van der Waals surface area contributed by atoms with Crippen molar-refractivity contribution in [2.75, 3.05) is 5.32 Å². The Morgan fingerprint density at radius 3 is 3.08 bits per heavy atom. The lowest BCUT2D eigenvalue weighted by atomic mass is 9.89. The first-order valence-electron chi connectivity index (χ1n) is 8.76. The van der Waals surface area contributed by atoms with Gasteiger partial charge in [0.2, 0.25) is 5.91 Å². The third kappa shape index (κ3) is 3.14. The van der Waals surface area contributed by atoms with Crippen LogP contribution in [0.2, 0.25) is 0 Å².